The Morgan fingerprint density at radius 2 is 2.11 bits per heavy atom. The number of hydrogen-bond acceptors (Lipinski definition) is 3. The van der Waals surface area contributed by atoms with Crippen molar-refractivity contribution in [3.63, 3.8) is 0 Å². The number of carbonyl (C=O) groups excluding carboxylic acids is 2. The monoisotopic (exact) mass is 260 g/mol. The summed E-state index contributed by atoms with van der Waals surface area (Å²) in [6.45, 7) is 0.0284. The first-order valence-electron chi connectivity index (χ1n) is 6.60. The number of amides is 2. The highest BCUT2D eigenvalue weighted by atomic mass is 16.5. The average molecular weight is 260 g/mol. The second kappa shape index (κ2) is 4.91. The third-order valence-electron chi connectivity index (χ3n) is 3.56. The maximum Gasteiger partial charge on any atom is 0.262 e. The molecule has 3 rings (SSSR count). The van der Waals surface area contributed by atoms with Crippen LogP contribution in [-0.2, 0) is 4.79 Å². The van der Waals surface area contributed by atoms with Crippen LogP contribution in [0.2, 0.25) is 0 Å². The van der Waals surface area contributed by atoms with E-state index in [0.717, 1.165) is 12.8 Å². The van der Waals surface area contributed by atoms with E-state index >= 15 is 0 Å². The summed E-state index contributed by atoms with van der Waals surface area (Å²) in [5, 5.41) is 5.73. The van der Waals surface area contributed by atoms with Gasteiger partial charge in [-0.3, -0.25) is 9.59 Å². The molecule has 0 spiro atoms. The molecule has 2 aliphatic rings. The van der Waals surface area contributed by atoms with Crippen molar-refractivity contribution in [2.45, 2.75) is 31.7 Å². The van der Waals surface area contributed by atoms with Crippen LogP contribution in [0.4, 0.5) is 5.69 Å². The summed E-state index contributed by atoms with van der Waals surface area (Å²) in [6, 6.07) is 5.39. The zero-order chi connectivity index (χ0) is 13.2. The van der Waals surface area contributed by atoms with Crippen molar-refractivity contribution in [2.75, 3.05) is 11.9 Å². The molecule has 1 aliphatic carbocycles. The topological polar surface area (TPSA) is 67.4 Å². The van der Waals surface area contributed by atoms with Gasteiger partial charge >= 0.3 is 0 Å². The molecule has 0 aromatic heterocycles. The number of benzene rings is 1. The molecule has 0 radical (unpaired) electrons. The first kappa shape index (κ1) is 12.0. The molecular weight excluding hydrogens is 244 g/mol. The Bertz CT molecular complexity index is 521. The van der Waals surface area contributed by atoms with Gasteiger partial charge < -0.3 is 15.4 Å². The van der Waals surface area contributed by atoms with Gasteiger partial charge in [0.25, 0.3) is 11.8 Å². The number of anilines is 1. The SMILES string of the molecule is O=C1COc2ccc(C(=O)NC3CCCC3)cc2N1. The molecule has 19 heavy (non-hydrogen) atoms. The molecule has 0 unspecified atom stereocenters. The fraction of sp³-hybridized carbons (Fsp3) is 0.429. The van der Waals surface area contributed by atoms with E-state index in [2.05, 4.69) is 10.6 Å². The van der Waals surface area contributed by atoms with Crippen LogP contribution in [0.1, 0.15) is 36.0 Å². The van der Waals surface area contributed by atoms with Gasteiger partial charge in [0.15, 0.2) is 6.61 Å². The molecule has 1 saturated carbocycles. The normalized spacial score (nSPS) is 18.4. The van der Waals surface area contributed by atoms with Crippen molar-refractivity contribution in [1.29, 1.82) is 0 Å². The summed E-state index contributed by atoms with van der Waals surface area (Å²) in [5.41, 5.74) is 1.12. The van der Waals surface area contributed by atoms with Crippen LogP contribution in [0.25, 0.3) is 0 Å². The molecule has 1 aromatic rings. The van der Waals surface area contributed by atoms with E-state index in [1.54, 1.807) is 18.2 Å². The first-order valence-corrected chi connectivity index (χ1v) is 6.60. The molecule has 0 saturated heterocycles. The highest BCUT2D eigenvalue weighted by Gasteiger charge is 2.20. The highest BCUT2D eigenvalue weighted by molar-refractivity contribution is 5.99. The number of ether oxygens (including phenoxy) is 1. The van der Waals surface area contributed by atoms with Gasteiger partial charge in [-0.05, 0) is 31.0 Å². The lowest BCUT2D eigenvalue weighted by Crippen LogP contribution is -2.33. The number of carbonyl (C=O) groups is 2. The lowest BCUT2D eigenvalue weighted by Gasteiger charge is -2.19. The van der Waals surface area contributed by atoms with Crippen molar-refractivity contribution in [3.8, 4) is 5.75 Å². The van der Waals surface area contributed by atoms with Crippen molar-refractivity contribution < 1.29 is 14.3 Å². The maximum atomic E-state index is 12.1. The predicted octanol–water partition coefficient (Wildman–Crippen LogP) is 1.69. The first-order chi connectivity index (χ1) is 9.22. The van der Waals surface area contributed by atoms with Gasteiger partial charge in [0.2, 0.25) is 0 Å². The lowest BCUT2D eigenvalue weighted by atomic mass is 10.1. The van der Waals surface area contributed by atoms with Gasteiger partial charge in [0.1, 0.15) is 5.75 Å². The van der Waals surface area contributed by atoms with E-state index in [1.165, 1.54) is 12.8 Å². The Morgan fingerprint density at radius 3 is 2.89 bits per heavy atom. The third kappa shape index (κ3) is 2.54. The molecule has 5 nitrogen and oxygen atoms in total. The van der Waals surface area contributed by atoms with Gasteiger partial charge in [0, 0.05) is 11.6 Å². The van der Waals surface area contributed by atoms with Crippen LogP contribution in [0.15, 0.2) is 18.2 Å². The van der Waals surface area contributed by atoms with Gasteiger partial charge in [-0.2, -0.15) is 0 Å². The molecule has 1 heterocycles. The average Bonchev–Trinajstić information content (AvgIpc) is 2.90. The lowest BCUT2D eigenvalue weighted by molar-refractivity contribution is -0.118. The molecule has 1 aromatic carbocycles. The van der Waals surface area contributed by atoms with Crippen LogP contribution < -0.4 is 15.4 Å². The summed E-state index contributed by atoms with van der Waals surface area (Å²) >= 11 is 0. The molecule has 2 N–H and O–H groups in total. The summed E-state index contributed by atoms with van der Waals surface area (Å²) in [7, 11) is 0. The second-order valence-electron chi connectivity index (χ2n) is 5.00. The van der Waals surface area contributed by atoms with Gasteiger partial charge in [-0.15, -0.1) is 0 Å². The van der Waals surface area contributed by atoms with Crippen LogP contribution >= 0.6 is 0 Å². The quantitative estimate of drug-likeness (QED) is 0.850. The van der Waals surface area contributed by atoms with Gasteiger partial charge in [-0.25, -0.2) is 0 Å². The largest absolute Gasteiger partial charge is 0.482 e. The smallest absolute Gasteiger partial charge is 0.262 e. The standard InChI is InChI=1S/C14H16N2O3/c17-13-8-19-12-6-5-9(7-11(12)16-13)14(18)15-10-3-1-2-4-10/h5-7,10H,1-4,8H2,(H,15,18)(H,16,17). The van der Waals surface area contributed by atoms with Crippen molar-refractivity contribution in [3.05, 3.63) is 23.8 Å². The maximum absolute atomic E-state index is 12.1. The van der Waals surface area contributed by atoms with Gasteiger partial charge in [-0.1, -0.05) is 12.8 Å². The molecule has 1 aliphatic heterocycles. The summed E-state index contributed by atoms with van der Waals surface area (Å²) in [6.07, 6.45) is 4.46. The Balaban J connectivity index is 1.75. The number of fused-ring (bicyclic) bond motifs is 1. The van der Waals surface area contributed by atoms with E-state index in [0.29, 0.717) is 17.0 Å². The minimum atomic E-state index is -0.194. The Labute approximate surface area is 111 Å². The highest BCUT2D eigenvalue weighted by Crippen LogP contribution is 2.28. The van der Waals surface area contributed by atoms with Crippen LogP contribution in [0, 0.1) is 0 Å². The van der Waals surface area contributed by atoms with E-state index < -0.39 is 0 Å². The number of nitrogens with one attached hydrogen (secondary N) is 2. The number of hydrogen-bond donors (Lipinski definition) is 2. The van der Waals surface area contributed by atoms with Gasteiger partial charge in [0.05, 0.1) is 5.69 Å². The van der Waals surface area contributed by atoms with Crippen LogP contribution in [-0.4, -0.2) is 24.5 Å². The molecule has 100 valence electrons. The number of rotatable bonds is 2. The molecule has 0 atom stereocenters. The van der Waals surface area contributed by atoms with E-state index in [4.69, 9.17) is 4.74 Å². The molecule has 1 fully saturated rings. The zero-order valence-corrected chi connectivity index (χ0v) is 10.6. The van der Waals surface area contributed by atoms with E-state index in [-0.39, 0.29) is 24.5 Å². The minimum absolute atomic E-state index is 0.0284. The van der Waals surface area contributed by atoms with Crippen molar-refractivity contribution in [1.82, 2.24) is 5.32 Å². The Hall–Kier alpha value is -2.04. The van der Waals surface area contributed by atoms with E-state index in [9.17, 15) is 9.59 Å². The molecular formula is C14H16N2O3. The summed E-state index contributed by atoms with van der Waals surface area (Å²) in [4.78, 5) is 23.4. The zero-order valence-electron chi connectivity index (χ0n) is 10.6. The Kier molecular flexibility index (Phi) is 3.11. The van der Waals surface area contributed by atoms with Crippen molar-refractivity contribution in [2.24, 2.45) is 0 Å². The summed E-state index contributed by atoms with van der Waals surface area (Å²) < 4.78 is 5.26. The molecule has 2 amide bonds. The molecule has 5 heteroatoms. The van der Waals surface area contributed by atoms with E-state index in [1.807, 2.05) is 0 Å². The van der Waals surface area contributed by atoms with Crippen molar-refractivity contribution >= 4 is 17.5 Å². The third-order valence-corrected chi connectivity index (χ3v) is 3.56. The van der Waals surface area contributed by atoms with Crippen LogP contribution in [0.5, 0.6) is 5.75 Å². The molecule has 0 bridgehead atoms. The predicted molar refractivity (Wildman–Crippen MR) is 70.3 cm³/mol. The second-order valence-corrected chi connectivity index (χ2v) is 5.00. The summed E-state index contributed by atoms with van der Waals surface area (Å²) in [5.74, 6) is 0.326. The Morgan fingerprint density at radius 1 is 1.32 bits per heavy atom. The fourth-order valence-corrected chi connectivity index (χ4v) is 2.56. The minimum Gasteiger partial charge on any atom is -0.482 e. The van der Waals surface area contributed by atoms with Crippen LogP contribution in [0.3, 0.4) is 0 Å². The fourth-order valence-electron chi connectivity index (χ4n) is 2.56.